The summed E-state index contributed by atoms with van der Waals surface area (Å²) >= 11 is 11.8. The zero-order valence-electron chi connectivity index (χ0n) is 12.5. The van der Waals surface area contributed by atoms with Crippen LogP contribution in [-0.2, 0) is 11.2 Å². The van der Waals surface area contributed by atoms with Crippen molar-refractivity contribution in [3.05, 3.63) is 68.2 Å². The first-order valence-corrected chi connectivity index (χ1v) is 7.79. The van der Waals surface area contributed by atoms with Crippen molar-refractivity contribution in [2.45, 2.75) is 6.42 Å². The minimum atomic E-state index is -0.557. The van der Waals surface area contributed by atoms with E-state index >= 15 is 0 Å². The number of hydrogen-bond donors (Lipinski definition) is 1. The molecule has 24 heavy (non-hydrogen) atoms. The van der Waals surface area contributed by atoms with Gasteiger partial charge in [-0.3, -0.25) is 14.9 Å². The number of nitro benzene ring substituents is 1. The van der Waals surface area contributed by atoms with Crippen molar-refractivity contribution in [3.63, 3.8) is 0 Å². The normalized spacial score (nSPS) is 10.2. The maximum absolute atomic E-state index is 11.7. The van der Waals surface area contributed by atoms with Gasteiger partial charge in [0.1, 0.15) is 5.75 Å². The van der Waals surface area contributed by atoms with Gasteiger partial charge in [-0.1, -0.05) is 35.3 Å². The molecule has 0 fully saturated rings. The van der Waals surface area contributed by atoms with Crippen molar-refractivity contribution >= 4 is 34.8 Å². The van der Waals surface area contributed by atoms with Crippen LogP contribution in [0.5, 0.6) is 5.75 Å². The van der Waals surface area contributed by atoms with Gasteiger partial charge in [0.15, 0.2) is 6.61 Å². The summed E-state index contributed by atoms with van der Waals surface area (Å²) < 4.78 is 5.27. The highest BCUT2D eigenvalue weighted by atomic mass is 35.5. The lowest BCUT2D eigenvalue weighted by molar-refractivity contribution is -0.384. The minimum Gasteiger partial charge on any atom is -0.482 e. The maximum atomic E-state index is 11.7. The SMILES string of the molecule is O=C(COc1ccc([N+](=O)[O-])cc1Cl)NCCc1cccc(Cl)c1. The second-order valence-corrected chi connectivity index (χ2v) is 5.73. The summed E-state index contributed by atoms with van der Waals surface area (Å²) in [6.07, 6.45) is 0.643. The largest absolute Gasteiger partial charge is 0.482 e. The number of halogens is 2. The molecule has 0 atom stereocenters. The van der Waals surface area contributed by atoms with Gasteiger partial charge < -0.3 is 10.1 Å². The van der Waals surface area contributed by atoms with Crippen LogP contribution in [-0.4, -0.2) is 24.0 Å². The third kappa shape index (κ3) is 5.40. The number of non-ortho nitro benzene ring substituents is 1. The molecule has 1 N–H and O–H groups in total. The lowest BCUT2D eigenvalue weighted by atomic mass is 10.1. The molecule has 0 heterocycles. The summed E-state index contributed by atoms with van der Waals surface area (Å²) in [5, 5.41) is 14.1. The molecule has 2 aromatic carbocycles. The van der Waals surface area contributed by atoms with E-state index in [0.717, 1.165) is 5.56 Å². The molecule has 0 radical (unpaired) electrons. The van der Waals surface area contributed by atoms with Crippen molar-refractivity contribution in [3.8, 4) is 5.75 Å². The molecule has 2 rings (SSSR count). The number of carbonyl (C=O) groups is 1. The van der Waals surface area contributed by atoms with Crippen LogP contribution in [0.2, 0.25) is 10.0 Å². The van der Waals surface area contributed by atoms with Gasteiger partial charge >= 0.3 is 0 Å². The predicted octanol–water partition coefficient (Wildman–Crippen LogP) is 3.64. The number of ether oxygens (including phenoxy) is 1. The molecule has 0 aliphatic heterocycles. The van der Waals surface area contributed by atoms with Gasteiger partial charge in [-0.15, -0.1) is 0 Å². The van der Waals surface area contributed by atoms with Crippen LogP contribution >= 0.6 is 23.2 Å². The van der Waals surface area contributed by atoms with Gasteiger partial charge in [0.05, 0.1) is 9.95 Å². The van der Waals surface area contributed by atoms with Crippen LogP contribution in [0, 0.1) is 10.1 Å². The second-order valence-electron chi connectivity index (χ2n) is 4.89. The van der Waals surface area contributed by atoms with Crippen LogP contribution in [0.3, 0.4) is 0 Å². The van der Waals surface area contributed by atoms with E-state index in [0.29, 0.717) is 18.0 Å². The first-order chi connectivity index (χ1) is 11.5. The summed E-state index contributed by atoms with van der Waals surface area (Å²) in [5.74, 6) is -0.0984. The van der Waals surface area contributed by atoms with Gasteiger partial charge in [-0.25, -0.2) is 0 Å². The van der Waals surface area contributed by atoms with Gasteiger partial charge in [-0.05, 0) is 30.2 Å². The van der Waals surface area contributed by atoms with E-state index in [-0.39, 0.29) is 29.0 Å². The number of rotatable bonds is 7. The van der Waals surface area contributed by atoms with Gasteiger partial charge in [-0.2, -0.15) is 0 Å². The summed E-state index contributed by atoms with van der Waals surface area (Å²) in [6, 6.07) is 11.2. The number of amides is 1. The predicted molar refractivity (Wildman–Crippen MR) is 91.8 cm³/mol. The van der Waals surface area contributed by atoms with Crippen LogP contribution in [0.25, 0.3) is 0 Å². The number of hydrogen-bond acceptors (Lipinski definition) is 4. The second kappa shape index (κ2) is 8.52. The lowest BCUT2D eigenvalue weighted by Crippen LogP contribution is -2.30. The number of nitrogens with one attached hydrogen (secondary N) is 1. The Morgan fingerprint density at radius 1 is 1.21 bits per heavy atom. The Kier molecular flexibility index (Phi) is 6.40. The molecule has 0 aromatic heterocycles. The highest BCUT2D eigenvalue weighted by Gasteiger charge is 2.11. The van der Waals surface area contributed by atoms with E-state index < -0.39 is 4.92 Å². The molecule has 0 unspecified atom stereocenters. The van der Waals surface area contributed by atoms with E-state index in [1.165, 1.54) is 18.2 Å². The zero-order valence-corrected chi connectivity index (χ0v) is 14.0. The molecular formula is C16H14Cl2N2O4. The minimum absolute atomic E-state index is 0.0796. The third-order valence-electron chi connectivity index (χ3n) is 3.11. The van der Waals surface area contributed by atoms with Crippen LogP contribution in [0.4, 0.5) is 5.69 Å². The van der Waals surface area contributed by atoms with Gasteiger partial charge in [0.25, 0.3) is 11.6 Å². The molecular weight excluding hydrogens is 355 g/mol. The van der Waals surface area contributed by atoms with Crippen LogP contribution in [0.15, 0.2) is 42.5 Å². The average Bonchev–Trinajstić information content (AvgIpc) is 2.53. The van der Waals surface area contributed by atoms with Crippen LogP contribution in [0.1, 0.15) is 5.56 Å². The van der Waals surface area contributed by atoms with E-state index in [1.54, 1.807) is 6.07 Å². The molecule has 2 aromatic rings. The Balaban J connectivity index is 1.78. The standard InChI is InChI=1S/C16H14Cl2N2O4/c17-12-3-1-2-11(8-12)6-7-19-16(21)10-24-15-5-4-13(20(22)23)9-14(15)18/h1-5,8-9H,6-7,10H2,(H,19,21). The molecule has 0 saturated carbocycles. The maximum Gasteiger partial charge on any atom is 0.271 e. The summed E-state index contributed by atoms with van der Waals surface area (Å²) in [7, 11) is 0. The number of nitrogens with zero attached hydrogens (tertiary/aromatic N) is 1. The molecule has 0 spiro atoms. The molecule has 1 amide bonds. The third-order valence-corrected chi connectivity index (χ3v) is 3.64. The van der Waals surface area contributed by atoms with Crippen LogP contribution < -0.4 is 10.1 Å². The fraction of sp³-hybridized carbons (Fsp3) is 0.188. The summed E-state index contributed by atoms with van der Waals surface area (Å²) in [4.78, 5) is 21.8. The topological polar surface area (TPSA) is 81.5 Å². The van der Waals surface area contributed by atoms with Crippen molar-refractivity contribution in [1.29, 1.82) is 0 Å². The van der Waals surface area contributed by atoms with Gasteiger partial charge in [0, 0.05) is 23.7 Å². The molecule has 0 bridgehead atoms. The highest BCUT2D eigenvalue weighted by Crippen LogP contribution is 2.28. The Hall–Kier alpha value is -2.31. The average molecular weight is 369 g/mol. The van der Waals surface area contributed by atoms with Crippen molar-refractivity contribution in [2.24, 2.45) is 0 Å². The van der Waals surface area contributed by atoms with Gasteiger partial charge in [0.2, 0.25) is 0 Å². The lowest BCUT2D eigenvalue weighted by Gasteiger charge is -2.09. The summed E-state index contributed by atoms with van der Waals surface area (Å²) in [5.41, 5.74) is 0.875. The first-order valence-electron chi connectivity index (χ1n) is 7.03. The van der Waals surface area contributed by atoms with E-state index in [4.69, 9.17) is 27.9 Å². The number of benzene rings is 2. The smallest absolute Gasteiger partial charge is 0.271 e. The van der Waals surface area contributed by atoms with Crippen molar-refractivity contribution < 1.29 is 14.5 Å². The summed E-state index contributed by atoms with van der Waals surface area (Å²) in [6.45, 7) is 0.212. The van der Waals surface area contributed by atoms with Crippen molar-refractivity contribution in [1.82, 2.24) is 5.32 Å². The van der Waals surface area contributed by atoms with Crippen molar-refractivity contribution in [2.75, 3.05) is 13.2 Å². The monoisotopic (exact) mass is 368 g/mol. The molecule has 0 aliphatic carbocycles. The zero-order chi connectivity index (χ0) is 17.5. The van der Waals surface area contributed by atoms with E-state index in [1.807, 2.05) is 18.2 Å². The molecule has 0 aliphatic rings. The quantitative estimate of drug-likeness (QED) is 0.597. The Morgan fingerprint density at radius 2 is 2.00 bits per heavy atom. The molecule has 0 saturated heterocycles. The first kappa shape index (κ1) is 18.0. The Morgan fingerprint density at radius 3 is 2.67 bits per heavy atom. The Bertz CT molecular complexity index is 753. The highest BCUT2D eigenvalue weighted by molar-refractivity contribution is 6.32. The number of nitro groups is 1. The molecule has 8 heteroatoms. The van der Waals surface area contributed by atoms with E-state index in [2.05, 4.69) is 5.32 Å². The number of carbonyl (C=O) groups excluding carboxylic acids is 1. The Labute approximate surface area is 148 Å². The fourth-order valence-corrected chi connectivity index (χ4v) is 2.40. The fourth-order valence-electron chi connectivity index (χ4n) is 1.95. The molecule has 126 valence electrons. The molecule has 6 nitrogen and oxygen atoms in total. The van der Waals surface area contributed by atoms with E-state index in [9.17, 15) is 14.9 Å².